The van der Waals surface area contributed by atoms with Crippen LogP contribution in [-0.4, -0.2) is 82.5 Å². The number of fused-ring (bicyclic) bond motifs is 2. The van der Waals surface area contributed by atoms with E-state index < -0.39 is 52.9 Å². The molecule has 3 N–H and O–H groups in total. The van der Waals surface area contributed by atoms with Crippen LogP contribution in [0.4, 0.5) is 19.7 Å². The van der Waals surface area contributed by atoms with E-state index in [1.54, 1.807) is 30.3 Å². The van der Waals surface area contributed by atoms with Crippen molar-refractivity contribution in [1.82, 2.24) is 10.2 Å². The number of aliphatic hydroxyl groups is 2. The quantitative estimate of drug-likeness (QED) is 0.0309. The van der Waals surface area contributed by atoms with Crippen LogP contribution in [0.3, 0.4) is 0 Å². The van der Waals surface area contributed by atoms with Gasteiger partial charge in [-0.3, -0.25) is 15.0 Å². The number of ether oxygens (including phenoxy) is 5. The number of carbonyl (C=O) groups excluding carboxylic acids is 2. The highest BCUT2D eigenvalue weighted by molar-refractivity contribution is 6.03. The molecule has 1 saturated heterocycles. The minimum Gasteiger partial charge on any atom is -0.459 e. The van der Waals surface area contributed by atoms with Crippen molar-refractivity contribution in [2.75, 3.05) is 26.4 Å². The highest BCUT2D eigenvalue weighted by Crippen LogP contribution is 2.62. The lowest BCUT2D eigenvalue weighted by atomic mass is 9.55. The zero-order valence-electron chi connectivity index (χ0n) is 39.6. The molecule has 7 atom stereocenters. The fourth-order valence-electron chi connectivity index (χ4n) is 10.4. The molecule has 0 spiro atoms. The maximum Gasteiger partial charge on any atom is 0.416 e. The van der Waals surface area contributed by atoms with E-state index in [1.165, 1.54) is 41.3 Å². The van der Waals surface area contributed by atoms with Crippen LogP contribution < -0.4 is 19.5 Å². The molecule has 0 aromatic heterocycles. The van der Waals surface area contributed by atoms with Crippen LogP contribution in [0.1, 0.15) is 86.8 Å². The Morgan fingerprint density at radius 1 is 0.930 bits per heavy atom. The average molecular weight is 977 g/mol. The van der Waals surface area contributed by atoms with Crippen LogP contribution in [0.15, 0.2) is 127 Å². The normalized spacial score (nSPS) is 23.8. The molecule has 16 nitrogen and oxygen atoms in total. The summed E-state index contributed by atoms with van der Waals surface area (Å²) in [4.78, 5) is 47.2. The van der Waals surface area contributed by atoms with Gasteiger partial charge in [0.2, 0.25) is 12.1 Å². The predicted molar refractivity (Wildman–Crippen MR) is 260 cm³/mol. The van der Waals surface area contributed by atoms with E-state index in [0.29, 0.717) is 68.6 Å². The van der Waals surface area contributed by atoms with E-state index in [4.69, 9.17) is 33.7 Å². The molecule has 376 valence electrons. The Kier molecular flexibility index (Phi) is 17.1. The zero-order valence-corrected chi connectivity index (χ0v) is 39.6. The van der Waals surface area contributed by atoms with Gasteiger partial charge in [-0.25, -0.2) is 14.0 Å². The van der Waals surface area contributed by atoms with Crippen molar-refractivity contribution in [1.29, 1.82) is 0 Å². The van der Waals surface area contributed by atoms with Crippen LogP contribution in [0.25, 0.3) is 0 Å². The summed E-state index contributed by atoms with van der Waals surface area (Å²) in [5, 5.41) is 39.3. The van der Waals surface area contributed by atoms with Crippen molar-refractivity contribution >= 4 is 23.6 Å². The van der Waals surface area contributed by atoms with Gasteiger partial charge in [0.15, 0.2) is 0 Å². The summed E-state index contributed by atoms with van der Waals surface area (Å²) in [7, 11) is 0. The number of nitro benzene ring substituents is 1. The molecule has 4 aliphatic rings. The van der Waals surface area contributed by atoms with Crippen molar-refractivity contribution in [3.63, 3.8) is 0 Å². The van der Waals surface area contributed by atoms with Gasteiger partial charge in [-0.2, -0.15) is 0 Å². The second-order valence-electron chi connectivity index (χ2n) is 18.3. The molecule has 0 bridgehead atoms. The molecule has 4 aromatic rings. The van der Waals surface area contributed by atoms with E-state index in [-0.39, 0.29) is 68.4 Å². The summed E-state index contributed by atoms with van der Waals surface area (Å²) in [5.41, 5.74) is 3.25. The first-order chi connectivity index (χ1) is 34.6. The number of hydrogen-bond acceptors (Lipinski definition) is 13. The van der Waals surface area contributed by atoms with Crippen molar-refractivity contribution in [3.05, 3.63) is 154 Å². The summed E-state index contributed by atoms with van der Waals surface area (Å²) >= 11 is 0. The Morgan fingerprint density at radius 2 is 1.68 bits per heavy atom. The Labute approximate surface area is 412 Å². The molecule has 1 unspecified atom stereocenters. The number of allylic oxidation sites excluding steroid dienone is 1. The summed E-state index contributed by atoms with van der Waals surface area (Å²) in [6.45, 7) is 4.62. The fourth-order valence-corrected chi connectivity index (χ4v) is 10.4. The fraction of sp³-hybridized carbons (Fsp3) is 0.426. The lowest BCUT2D eigenvalue weighted by molar-refractivity contribution is -0.384. The smallest absolute Gasteiger partial charge is 0.416 e. The molecule has 2 fully saturated rings. The molecule has 2 aliphatic heterocycles. The third kappa shape index (κ3) is 12.1. The number of oxime groups is 1. The van der Waals surface area contributed by atoms with Gasteiger partial charge >= 0.3 is 12.2 Å². The number of nitro groups is 1. The van der Waals surface area contributed by atoms with E-state index in [0.717, 1.165) is 29.5 Å². The maximum absolute atomic E-state index is 15.1. The number of carbonyl (C=O) groups is 2. The molecule has 71 heavy (non-hydrogen) atoms. The summed E-state index contributed by atoms with van der Waals surface area (Å²) in [6.07, 6.45) is 7.93. The van der Waals surface area contributed by atoms with Crippen LogP contribution >= 0.6 is 0 Å². The van der Waals surface area contributed by atoms with Gasteiger partial charge in [0.05, 0.1) is 29.8 Å². The number of amides is 2. The lowest BCUT2D eigenvalue weighted by Gasteiger charge is -2.59. The molecule has 0 radical (unpaired) electrons. The zero-order chi connectivity index (χ0) is 49.7. The summed E-state index contributed by atoms with van der Waals surface area (Å²) < 4.78 is 46.9. The monoisotopic (exact) mass is 976 g/mol. The Morgan fingerprint density at radius 3 is 2.38 bits per heavy atom. The number of aliphatic hydroxyl groups excluding tert-OH is 2. The van der Waals surface area contributed by atoms with Crippen LogP contribution in [-0.2, 0) is 27.4 Å². The van der Waals surface area contributed by atoms with E-state index in [9.17, 15) is 29.5 Å². The van der Waals surface area contributed by atoms with Crippen LogP contribution in [0.2, 0.25) is 0 Å². The Balaban J connectivity index is 1.30. The minimum atomic E-state index is -1.71. The summed E-state index contributed by atoms with van der Waals surface area (Å²) in [6, 6.07) is 24.5. The molecule has 2 heterocycles. The molecule has 2 amide bonds. The minimum absolute atomic E-state index is 0.00603. The first-order valence-electron chi connectivity index (χ1n) is 24.4. The Hall–Kier alpha value is -6.66. The van der Waals surface area contributed by atoms with Gasteiger partial charge < -0.3 is 44.1 Å². The van der Waals surface area contributed by atoms with Crippen LogP contribution in [0.5, 0.6) is 17.2 Å². The number of nitrogens with zero attached hydrogens (tertiary/aromatic N) is 3. The van der Waals surface area contributed by atoms with Gasteiger partial charge in [-0.15, -0.1) is 6.58 Å². The van der Waals surface area contributed by atoms with Crippen molar-refractivity contribution < 1.29 is 57.6 Å². The van der Waals surface area contributed by atoms with Crippen molar-refractivity contribution in [2.45, 2.75) is 101 Å². The first kappa shape index (κ1) is 50.7. The standard InChI is InChI=1S/C54H61FN4O12/c1-2-29-67-54-48(58(35-37-17-19-39(55)20-18-37)53(63)69-41-23-21-40(22-24-41)59(64)65)33-46(57-71-49-16-8-11-30-66-49)44-31-38(14-6-9-27-60)43(15-7-10-28-61)50(51(44)54)45-32-42(25-26-47(45)70-54)68-52(62)56-34-36-12-4-3-5-13-36/h2-5,12-13,17-26,31-32,38,43,48-51,60-61H,1,6-11,14-16,27-30,33-35H2,(H,56,62)/t38-,43+,48-,49?,50+,51+,54+/m0/s1. The second-order valence-corrected chi connectivity index (χ2v) is 18.3. The van der Waals surface area contributed by atoms with Gasteiger partial charge in [-0.05, 0) is 110 Å². The average Bonchev–Trinajstić information content (AvgIpc) is 3.38. The van der Waals surface area contributed by atoms with E-state index in [2.05, 4.69) is 18.0 Å². The predicted octanol–water partition coefficient (Wildman–Crippen LogP) is 9.88. The number of non-ortho nitro benzene ring substituents is 1. The Bertz CT molecular complexity index is 2520. The molecular formula is C54H61FN4O12. The second kappa shape index (κ2) is 24.0. The molecular weight excluding hydrogens is 916 g/mol. The highest BCUT2D eigenvalue weighted by Gasteiger charge is 2.66. The molecule has 8 rings (SSSR count). The first-order valence-corrected chi connectivity index (χ1v) is 24.4. The van der Waals surface area contributed by atoms with Crippen molar-refractivity contribution in [3.8, 4) is 17.2 Å². The molecule has 1 saturated carbocycles. The number of unbranched alkanes of at least 4 members (excludes halogenated alkanes) is 2. The van der Waals surface area contributed by atoms with Gasteiger partial charge in [-0.1, -0.05) is 72.6 Å². The SMILES string of the molecule is C=CCO[C@@]12Oc3ccc(OC(=O)NCc4ccccc4)cc3[C@H]3[C@H](CCCCO)[C@@H](CCCCO)C=C(C(=NOC4CCCCO4)C[C@@H]1N(Cc1ccc(F)cc1)C(=O)Oc1ccc([N+](=O)[O-])cc1)[C@H]32. The maximum atomic E-state index is 15.1. The van der Waals surface area contributed by atoms with Gasteiger partial charge in [0, 0.05) is 62.8 Å². The molecule has 4 aromatic carbocycles. The number of hydrogen-bond donors (Lipinski definition) is 3. The summed E-state index contributed by atoms with van der Waals surface area (Å²) in [5.74, 6) is -2.91. The van der Waals surface area contributed by atoms with E-state index in [1.807, 2.05) is 36.4 Å². The third-order valence-corrected chi connectivity index (χ3v) is 13.7. The highest BCUT2D eigenvalue weighted by atomic mass is 19.1. The van der Waals surface area contributed by atoms with Crippen molar-refractivity contribution in [2.24, 2.45) is 22.9 Å². The topological polar surface area (TPSA) is 201 Å². The number of rotatable bonds is 21. The van der Waals surface area contributed by atoms with Crippen LogP contribution in [0, 0.1) is 33.7 Å². The number of benzene rings is 4. The van der Waals surface area contributed by atoms with E-state index >= 15 is 4.79 Å². The van der Waals surface area contributed by atoms with Gasteiger partial charge in [0.1, 0.15) is 29.1 Å². The largest absolute Gasteiger partial charge is 0.459 e. The molecule has 17 heteroatoms. The third-order valence-electron chi connectivity index (χ3n) is 13.7. The number of nitrogens with one attached hydrogen (secondary N) is 1. The molecule has 2 aliphatic carbocycles. The van der Waals surface area contributed by atoms with Gasteiger partial charge in [0.25, 0.3) is 5.69 Å². The number of halogens is 1. The lowest BCUT2D eigenvalue weighted by Crippen LogP contribution is -2.70.